The van der Waals surface area contributed by atoms with Gasteiger partial charge in [0.1, 0.15) is 6.04 Å². The molecule has 1 unspecified atom stereocenters. The van der Waals surface area contributed by atoms with Gasteiger partial charge in [-0.05, 0) is 20.2 Å². The van der Waals surface area contributed by atoms with E-state index < -0.39 is 6.04 Å². The molecular weight excluding hydrogens is 252 g/mol. The molecule has 1 aromatic carbocycles. The van der Waals surface area contributed by atoms with Gasteiger partial charge in [0.25, 0.3) is 5.91 Å². The lowest BCUT2D eigenvalue weighted by Gasteiger charge is -2.22. The Morgan fingerprint density at radius 2 is 2.00 bits per heavy atom. The molecule has 1 atom stereocenters. The molecule has 0 saturated heterocycles. The molecule has 0 saturated carbocycles. The zero-order valence-corrected chi connectivity index (χ0v) is 12.4. The number of benzene rings is 1. The lowest BCUT2D eigenvalue weighted by Crippen LogP contribution is -2.34. The normalized spacial score (nSPS) is 17.3. The predicted molar refractivity (Wildman–Crippen MR) is 78.7 cm³/mol. The third-order valence-electron chi connectivity index (χ3n) is 3.55. The van der Waals surface area contributed by atoms with Gasteiger partial charge in [0.2, 0.25) is 0 Å². The molecule has 20 heavy (non-hydrogen) atoms. The first kappa shape index (κ1) is 14.4. The maximum Gasteiger partial charge on any atom is 0.257 e. The third kappa shape index (κ3) is 2.35. The maximum absolute atomic E-state index is 12.6. The standard InChI is InChI=1S/C15H20N4O/c1-17(2)8-9-19-13(10-16)11-6-5-7-12(18(3)4)14(11)15(19)20/h5-7,13H,8-9H2,1-4H3. The van der Waals surface area contributed by atoms with Crippen LogP contribution >= 0.6 is 0 Å². The van der Waals surface area contributed by atoms with E-state index in [-0.39, 0.29) is 5.91 Å². The molecule has 0 N–H and O–H groups in total. The fourth-order valence-electron chi connectivity index (χ4n) is 2.50. The Balaban J connectivity index is 2.41. The number of likely N-dealkylation sites (N-methyl/N-ethyl adjacent to an activating group) is 1. The Morgan fingerprint density at radius 3 is 2.55 bits per heavy atom. The summed E-state index contributed by atoms with van der Waals surface area (Å²) < 4.78 is 0. The highest BCUT2D eigenvalue weighted by atomic mass is 16.2. The second-order valence-electron chi connectivity index (χ2n) is 5.47. The topological polar surface area (TPSA) is 50.6 Å². The van der Waals surface area contributed by atoms with E-state index in [4.69, 9.17) is 0 Å². The van der Waals surface area contributed by atoms with Crippen molar-refractivity contribution in [2.45, 2.75) is 6.04 Å². The van der Waals surface area contributed by atoms with Gasteiger partial charge in [0.05, 0.1) is 11.6 Å². The fourth-order valence-corrected chi connectivity index (χ4v) is 2.50. The van der Waals surface area contributed by atoms with Crippen molar-refractivity contribution in [3.63, 3.8) is 0 Å². The van der Waals surface area contributed by atoms with Crippen molar-refractivity contribution in [2.24, 2.45) is 0 Å². The van der Waals surface area contributed by atoms with Gasteiger partial charge in [-0.3, -0.25) is 4.79 Å². The molecule has 5 nitrogen and oxygen atoms in total. The Hall–Kier alpha value is -2.06. The maximum atomic E-state index is 12.6. The van der Waals surface area contributed by atoms with Crippen molar-refractivity contribution < 1.29 is 4.79 Å². The summed E-state index contributed by atoms with van der Waals surface area (Å²) in [5.41, 5.74) is 2.37. The molecule has 1 heterocycles. The summed E-state index contributed by atoms with van der Waals surface area (Å²) in [6.07, 6.45) is 0. The molecule has 0 aromatic heterocycles. The molecule has 0 spiro atoms. The van der Waals surface area contributed by atoms with Gasteiger partial charge in [-0.1, -0.05) is 12.1 Å². The van der Waals surface area contributed by atoms with Gasteiger partial charge in [-0.25, -0.2) is 0 Å². The number of nitrogens with zero attached hydrogens (tertiary/aromatic N) is 4. The number of carbonyl (C=O) groups is 1. The van der Waals surface area contributed by atoms with Crippen LogP contribution in [0.2, 0.25) is 0 Å². The summed E-state index contributed by atoms with van der Waals surface area (Å²) in [4.78, 5) is 18.2. The van der Waals surface area contributed by atoms with Crippen LogP contribution in [-0.4, -0.2) is 57.0 Å². The molecule has 0 aliphatic carbocycles. The van der Waals surface area contributed by atoms with Gasteiger partial charge in [0, 0.05) is 38.4 Å². The summed E-state index contributed by atoms with van der Waals surface area (Å²) in [6, 6.07) is 7.48. The zero-order valence-electron chi connectivity index (χ0n) is 12.4. The lowest BCUT2D eigenvalue weighted by atomic mass is 10.0. The second-order valence-corrected chi connectivity index (χ2v) is 5.47. The van der Waals surface area contributed by atoms with Crippen LogP contribution in [0, 0.1) is 11.3 Å². The van der Waals surface area contributed by atoms with Crippen molar-refractivity contribution in [3.05, 3.63) is 29.3 Å². The Morgan fingerprint density at radius 1 is 1.30 bits per heavy atom. The Kier molecular flexibility index (Phi) is 3.96. The summed E-state index contributed by atoms with van der Waals surface area (Å²) >= 11 is 0. The van der Waals surface area contributed by atoms with E-state index >= 15 is 0 Å². The minimum absolute atomic E-state index is 0.0438. The highest BCUT2D eigenvalue weighted by molar-refractivity contribution is 6.04. The second kappa shape index (κ2) is 5.51. The van der Waals surface area contributed by atoms with Crippen molar-refractivity contribution in [2.75, 3.05) is 46.2 Å². The van der Waals surface area contributed by atoms with Crippen molar-refractivity contribution >= 4 is 11.6 Å². The number of hydrogen-bond acceptors (Lipinski definition) is 4. The number of amides is 1. The quantitative estimate of drug-likeness (QED) is 0.830. The first-order valence-electron chi connectivity index (χ1n) is 6.63. The molecule has 0 fully saturated rings. The number of fused-ring (bicyclic) bond motifs is 1. The molecule has 0 bridgehead atoms. The fraction of sp³-hybridized carbons (Fsp3) is 0.467. The largest absolute Gasteiger partial charge is 0.377 e. The van der Waals surface area contributed by atoms with Crippen LogP contribution < -0.4 is 4.90 Å². The molecule has 106 valence electrons. The van der Waals surface area contributed by atoms with E-state index in [0.717, 1.165) is 17.8 Å². The Bertz CT molecular complexity index is 559. The zero-order chi connectivity index (χ0) is 14.9. The van der Waals surface area contributed by atoms with Gasteiger partial charge in [-0.2, -0.15) is 5.26 Å². The molecular formula is C15H20N4O. The van der Waals surface area contributed by atoms with E-state index in [1.54, 1.807) is 4.90 Å². The monoisotopic (exact) mass is 272 g/mol. The van der Waals surface area contributed by atoms with Crippen LogP contribution in [0.15, 0.2) is 18.2 Å². The van der Waals surface area contributed by atoms with Crippen molar-refractivity contribution in [1.29, 1.82) is 5.26 Å². The van der Waals surface area contributed by atoms with Crippen molar-refractivity contribution in [3.8, 4) is 6.07 Å². The van der Waals surface area contributed by atoms with E-state index in [9.17, 15) is 10.1 Å². The minimum atomic E-state index is -0.475. The number of nitriles is 1. The average molecular weight is 272 g/mol. The predicted octanol–water partition coefficient (Wildman–Crippen LogP) is 1.33. The Labute approximate surface area is 120 Å². The van der Waals surface area contributed by atoms with Gasteiger partial charge >= 0.3 is 0 Å². The lowest BCUT2D eigenvalue weighted by molar-refractivity contribution is 0.0747. The molecule has 1 aromatic rings. The molecule has 5 heteroatoms. The number of anilines is 1. The molecule has 1 aliphatic heterocycles. The molecule has 1 amide bonds. The molecule has 1 aliphatic rings. The van der Waals surface area contributed by atoms with E-state index in [0.29, 0.717) is 12.1 Å². The van der Waals surface area contributed by atoms with E-state index in [2.05, 4.69) is 6.07 Å². The van der Waals surface area contributed by atoms with Crippen molar-refractivity contribution in [1.82, 2.24) is 9.80 Å². The van der Waals surface area contributed by atoms with Gasteiger partial charge in [0.15, 0.2) is 0 Å². The van der Waals surface area contributed by atoms with E-state index in [1.165, 1.54) is 0 Å². The number of hydrogen-bond donors (Lipinski definition) is 0. The molecule has 0 radical (unpaired) electrons. The summed E-state index contributed by atoms with van der Waals surface area (Å²) in [5.74, 6) is -0.0438. The SMILES string of the molecule is CN(C)CCN1C(=O)c2c(cccc2N(C)C)C1C#N. The summed E-state index contributed by atoms with van der Waals surface area (Å²) in [5, 5.41) is 9.42. The molecule has 2 rings (SSSR count). The first-order valence-corrected chi connectivity index (χ1v) is 6.63. The first-order chi connectivity index (χ1) is 9.47. The number of rotatable bonds is 4. The summed E-state index contributed by atoms with van der Waals surface area (Å²) in [6.45, 7) is 1.31. The van der Waals surface area contributed by atoms with Crippen LogP contribution in [0.1, 0.15) is 22.0 Å². The van der Waals surface area contributed by atoms with Crippen LogP contribution in [-0.2, 0) is 0 Å². The summed E-state index contributed by atoms with van der Waals surface area (Å²) in [7, 11) is 7.74. The highest BCUT2D eigenvalue weighted by Crippen LogP contribution is 2.37. The van der Waals surface area contributed by atoms with Crippen LogP contribution in [0.4, 0.5) is 5.69 Å². The van der Waals surface area contributed by atoms with Crippen LogP contribution in [0.25, 0.3) is 0 Å². The van der Waals surface area contributed by atoms with E-state index in [1.807, 2.05) is 56.2 Å². The number of carbonyl (C=O) groups excluding carboxylic acids is 1. The van der Waals surface area contributed by atoms with Crippen LogP contribution in [0.3, 0.4) is 0 Å². The van der Waals surface area contributed by atoms with Gasteiger partial charge in [-0.15, -0.1) is 0 Å². The average Bonchev–Trinajstić information content (AvgIpc) is 2.68. The van der Waals surface area contributed by atoms with Gasteiger partial charge < -0.3 is 14.7 Å². The smallest absolute Gasteiger partial charge is 0.257 e. The minimum Gasteiger partial charge on any atom is -0.377 e. The highest BCUT2D eigenvalue weighted by Gasteiger charge is 2.38. The third-order valence-corrected chi connectivity index (χ3v) is 3.55. The van der Waals surface area contributed by atoms with Crippen LogP contribution in [0.5, 0.6) is 0 Å².